The van der Waals surface area contributed by atoms with Crippen molar-refractivity contribution in [2.24, 2.45) is 0 Å². The molecule has 2 aliphatic rings. The van der Waals surface area contributed by atoms with E-state index in [0.29, 0.717) is 5.75 Å². The van der Waals surface area contributed by atoms with Gasteiger partial charge in [0.2, 0.25) is 17.5 Å². The number of carbonyl (C=O) groups is 3. The SMILES string of the molecule is COc1ccc(-c2oc3c(CC=C(C)C)c(O)cc(O)c3c(=O)c2O[C@@H]2O[C@H](C)[C@H](OC(C)=O)[C@@H](O[C@H]3O[C@@H](COC(C)=O)[C@@H](O)[C@H](O)[C@H]3OC(C)=O)[C@H]2O)cc1. The van der Waals surface area contributed by atoms with Crippen molar-refractivity contribution >= 4 is 28.9 Å². The molecule has 3 aromatic rings. The number of carbonyl (C=O) groups excluding carboxylic acids is 3. The average Bonchev–Trinajstić information content (AvgIpc) is 3.14. The van der Waals surface area contributed by atoms with Gasteiger partial charge in [-0.1, -0.05) is 11.6 Å². The van der Waals surface area contributed by atoms with Crippen LogP contribution in [0.4, 0.5) is 0 Å². The maximum atomic E-state index is 14.4. The van der Waals surface area contributed by atoms with E-state index in [0.717, 1.165) is 32.4 Å². The largest absolute Gasteiger partial charge is 0.507 e. The zero-order chi connectivity index (χ0) is 41.9. The summed E-state index contributed by atoms with van der Waals surface area (Å²) in [6.45, 7) is 7.79. The van der Waals surface area contributed by atoms with Crippen molar-refractivity contribution in [3.8, 4) is 34.3 Å². The third kappa shape index (κ3) is 9.49. The van der Waals surface area contributed by atoms with Crippen molar-refractivity contribution in [1.82, 2.24) is 0 Å². The Morgan fingerprint density at radius 1 is 0.807 bits per heavy atom. The Labute approximate surface area is 326 Å². The molecule has 2 aromatic carbocycles. The second-order valence-electron chi connectivity index (χ2n) is 13.8. The summed E-state index contributed by atoms with van der Waals surface area (Å²) < 4.78 is 51.3. The van der Waals surface area contributed by atoms with Gasteiger partial charge in [0.05, 0.1) is 13.2 Å². The molecule has 0 radical (unpaired) electrons. The number of methoxy groups -OCH3 is 1. The van der Waals surface area contributed by atoms with Crippen molar-refractivity contribution in [2.75, 3.05) is 13.7 Å². The number of hydrogen-bond donors (Lipinski definition) is 5. The van der Waals surface area contributed by atoms with Gasteiger partial charge in [0, 0.05) is 38.0 Å². The van der Waals surface area contributed by atoms with Crippen LogP contribution >= 0.6 is 0 Å². The zero-order valence-corrected chi connectivity index (χ0v) is 32.2. The molecule has 0 bridgehead atoms. The highest BCUT2D eigenvalue weighted by Crippen LogP contribution is 2.41. The summed E-state index contributed by atoms with van der Waals surface area (Å²) in [6, 6.07) is 7.27. The number of benzene rings is 2. The number of phenols is 2. The first-order valence-electron chi connectivity index (χ1n) is 17.9. The summed E-state index contributed by atoms with van der Waals surface area (Å²) in [7, 11) is 1.46. The van der Waals surface area contributed by atoms with E-state index in [2.05, 4.69) is 0 Å². The van der Waals surface area contributed by atoms with Crippen molar-refractivity contribution in [3.05, 3.63) is 57.8 Å². The molecular formula is C39H46O18. The van der Waals surface area contributed by atoms with Crippen LogP contribution in [0.3, 0.4) is 0 Å². The van der Waals surface area contributed by atoms with Crippen molar-refractivity contribution in [3.63, 3.8) is 0 Å². The molecule has 5 N–H and O–H groups in total. The first-order chi connectivity index (χ1) is 26.9. The number of fused-ring (bicyclic) bond motifs is 1. The summed E-state index contributed by atoms with van der Waals surface area (Å²) in [4.78, 5) is 50.4. The zero-order valence-electron chi connectivity index (χ0n) is 32.2. The normalized spacial score (nSPS) is 27.3. The van der Waals surface area contributed by atoms with Crippen LogP contribution in [-0.2, 0) is 49.2 Å². The maximum absolute atomic E-state index is 14.4. The molecule has 5 rings (SSSR count). The molecule has 0 unspecified atom stereocenters. The lowest BCUT2D eigenvalue weighted by atomic mass is 9.96. The van der Waals surface area contributed by atoms with Crippen molar-refractivity contribution in [2.45, 2.75) is 109 Å². The van der Waals surface area contributed by atoms with E-state index in [1.807, 2.05) is 13.8 Å². The fourth-order valence-electron chi connectivity index (χ4n) is 6.45. The number of aliphatic hydroxyl groups excluding tert-OH is 3. The maximum Gasteiger partial charge on any atom is 0.303 e. The first-order valence-corrected chi connectivity index (χ1v) is 17.9. The number of aliphatic hydroxyl groups is 3. The van der Waals surface area contributed by atoms with E-state index in [1.54, 1.807) is 30.3 Å². The Morgan fingerprint density at radius 3 is 2.05 bits per heavy atom. The average molecular weight is 803 g/mol. The van der Waals surface area contributed by atoms with Gasteiger partial charge >= 0.3 is 17.9 Å². The standard InChI is InChI=1S/C39H46O18/c1-16(2)8-13-23-24(43)14-25(44)27-29(46)35(33(55-34(23)27)21-9-11-22(49-7)12-10-21)56-38-31(48)36(32(17(3)51-38)52-19(5)41)57-39-37(53-20(6)42)30(47)28(45)26(54-39)15-50-18(4)40/h8-12,14,17,26,28,30-32,36-39,43-45,47-48H,13,15H2,1-7H3/t17-,26+,28-,30+,31-,32+,36+,37-,38+,39-/m1/s1. The molecular weight excluding hydrogens is 756 g/mol. The summed E-state index contributed by atoms with van der Waals surface area (Å²) >= 11 is 0. The van der Waals surface area contributed by atoms with Crippen LogP contribution in [0.15, 0.2) is 51.2 Å². The number of rotatable bonds is 12. The Bertz CT molecular complexity index is 2030. The molecule has 3 heterocycles. The first kappa shape index (κ1) is 42.9. The number of aromatic hydroxyl groups is 2. The molecule has 310 valence electrons. The highest BCUT2D eigenvalue weighted by Gasteiger charge is 2.54. The molecule has 57 heavy (non-hydrogen) atoms. The third-order valence-electron chi connectivity index (χ3n) is 9.23. The van der Waals surface area contributed by atoms with Crippen molar-refractivity contribution in [1.29, 1.82) is 0 Å². The Kier molecular flexibility index (Phi) is 13.5. The minimum absolute atomic E-state index is 0.125. The molecule has 0 aliphatic carbocycles. The summed E-state index contributed by atoms with van der Waals surface area (Å²) in [5.74, 6) is -3.71. The van der Waals surface area contributed by atoms with Crippen LogP contribution in [0.1, 0.15) is 47.1 Å². The van der Waals surface area contributed by atoms with Gasteiger partial charge in [-0.05, 0) is 51.5 Å². The fraction of sp³-hybridized carbons (Fsp3) is 0.487. The summed E-state index contributed by atoms with van der Waals surface area (Å²) in [5, 5.41) is 55.1. The second kappa shape index (κ2) is 17.9. The second-order valence-corrected chi connectivity index (χ2v) is 13.8. The van der Waals surface area contributed by atoms with Crippen LogP contribution in [0.2, 0.25) is 0 Å². The predicted octanol–water partition coefficient (Wildman–Crippen LogP) is 2.13. The Hall–Kier alpha value is -5.24. The molecule has 1 aromatic heterocycles. The predicted molar refractivity (Wildman–Crippen MR) is 195 cm³/mol. The molecule has 10 atom stereocenters. The molecule has 2 saturated heterocycles. The van der Waals surface area contributed by atoms with E-state index in [9.17, 15) is 44.7 Å². The fourth-order valence-corrected chi connectivity index (χ4v) is 6.45. The minimum Gasteiger partial charge on any atom is -0.507 e. The van der Waals surface area contributed by atoms with E-state index in [1.165, 1.54) is 14.0 Å². The Morgan fingerprint density at radius 2 is 1.46 bits per heavy atom. The van der Waals surface area contributed by atoms with Gasteiger partial charge in [-0.3, -0.25) is 19.2 Å². The van der Waals surface area contributed by atoms with E-state index in [4.69, 9.17) is 42.3 Å². The molecule has 18 nitrogen and oxygen atoms in total. The highest BCUT2D eigenvalue weighted by atomic mass is 16.8. The third-order valence-corrected chi connectivity index (χ3v) is 9.23. The number of allylic oxidation sites excluding steroid dienone is 2. The topological polar surface area (TPSA) is 256 Å². The van der Waals surface area contributed by atoms with E-state index < -0.39 is 103 Å². The van der Waals surface area contributed by atoms with Gasteiger partial charge in [-0.15, -0.1) is 0 Å². The quantitative estimate of drug-likeness (QED) is 0.0998. The number of ether oxygens (including phenoxy) is 8. The molecule has 0 spiro atoms. The highest BCUT2D eigenvalue weighted by molar-refractivity contribution is 5.91. The van der Waals surface area contributed by atoms with Crippen LogP contribution < -0.4 is 14.9 Å². The summed E-state index contributed by atoms with van der Waals surface area (Å²) in [5.41, 5.74) is 0.306. The van der Waals surface area contributed by atoms with Gasteiger partial charge in [0.1, 0.15) is 65.3 Å². The summed E-state index contributed by atoms with van der Waals surface area (Å²) in [6.07, 6.45) is -14.7. The van der Waals surface area contributed by atoms with E-state index >= 15 is 0 Å². The van der Waals surface area contributed by atoms with Crippen LogP contribution in [0.25, 0.3) is 22.3 Å². The van der Waals surface area contributed by atoms with Gasteiger partial charge < -0.3 is 67.8 Å². The Balaban J connectivity index is 1.61. The molecule has 0 saturated carbocycles. The van der Waals surface area contributed by atoms with Gasteiger partial charge in [-0.2, -0.15) is 0 Å². The monoisotopic (exact) mass is 802 g/mol. The molecule has 2 fully saturated rings. The number of hydrogen-bond acceptors (Lipinski definition) is 18. The van der Waals surface area contributed by atoms with Crippen LogP contribution in [-0.4, -0.2) is 119 Å². The van der Waals surface area contributed by atoms with Gasteiger partial charge in [0.25, 0.3) is 0 Å². The molecule has 0 amide bonds. The lowest BCUT2D eigenvalue weighted by Gasteiger charge is -2.46. The smallest absolute Gasteiger partial charge is 0.303 e. The minimum atomic E-state index is -1.97. The van der Waals surface area contributed by atoms with Crippen LogP contribution in [0, 0.1) is 0 Å². The van der Waals surface area contributed by atoms with Crippen molar-refractivity contribution < 1.29 is 82.2 Å². The molecule has 18 heteroatoms. The molecule has 2 aliphatic heterocycles. The van der Waals surface area contributed by atoms with Crippen LogP contribution in [0.5, 0.6) is 23.0 Å². The number of esters is 3. The van der Waals surface area contributed by atoms with E-state index in [-0.39, 0.29) is 40.0 Å². The number of phenolic OH excluding ortho intramolecular Hbond substituents is 2. The lowest BCUT2D eigenvalue weighted by Crippen LogP contribution is -2.65. The van der Waals surface area contributed by atoms with Gasteiger partial charge in [-0.25, -0.2) is 0 Å². The van der Waals surface area contributed by atoms with Gasteiger partial charge in [0.15, 0.2) is 24.3 Å². The lowest BCUT2D eigenvalue weighted by molar-refractivity contribution is -0.351.